The van der Waals surface area contributed by atoms with Crippen LogP contribution in [0.2, 0.25) is 0 Å². The molecule has 0 aromatic carbocycles. The molecule has 1 amide bonds. The molecule has 5 heterocycles. The number of piperidine rings is 1. The van der Waals surface area contributed by atoms with Crippen LogP contribution in [0, 0.1) is 5.92 Å². The molecule has 12 heteroatoms. The number of carbonyl (C=O) groups is 1. The van der Waals surface area contributed by atoms with E-state index in [2.05, 4.69) is 30.6 Å². The van der Waals surface area contributed by atoms with Crippen LogP contribution in [0.5, 0.6) is 0 Å². The number of rotatable bonds is 6. The van der Waals surface area contributed by atoms with E-state index >= 15 is 0 Å². The maximum Gasteiger partial charge on any atom is 0.416 e. The van der Waals surface area contributed by atoms with Gasteiger partial charge in [0.2, 0.25) is 5.91 Å². The van der Waals surface area contributed by atoms with Crippen LogP contribution in [0.3, 0.4) is 0 Å². The number of aliphatic hydroxyl groups is 1. The van der Waals surface area contributed by atoms with Crippen LogP contribution in [0.1, 0.15) is 67.9 Å². The molecule has 0 spiro atoms. The van der Waals surface area contributed by atoms with E-state index in [0.717, 1.165) is 37.0 Å². The molecule has 3 fully saturated rings. The summed E-state index contributed by atoms with van der Waals surface area (Å²) in [6.45, 7) is 1.82. The van der Waals surface area contributed by atoms with Gasteiger partial charge in [-0.3, -0.25) is 14.8 Å². The number of pyridine rings is 2. The van der Waals surface area contributed by atoms with Crippen LogP contribution in [0.25, 0.3) is 11.4 Å². The third-order valence-corrected chi connectivity index (χ3v) is 9.07. The van der Waals surface area contributed by atoms with E-state index in [9.17, 15) is 23.1 Å². The Morgan fingerprint density at radius 2 is 1.79 bits per heavy atom. The summed E-state index contributed by atoms with van der Waals surface area (Å²) in [6, 6.07) is 7.58. The lowest BCUT2D eigenvalue weighted by Gasteiger charge is -2.37. The highest BCUT2D eigenvalue weighted by Gasteiger charge is 2.39. The Labute approximate surface area is 248 Å². The lowest BCUT2D eigenvalue weighted by Crippen LogP contribution is -2.46. The zero-order valence-corrected chi connectivity index (χ0v) is 23.8. The number of alkyl halides is 3. The Kier molecular flexibility index (Phi) is 8.43. The molecular formula is C31H36F3N7O2. The standard InChI is InChI=1S/C31H36F3N7O2/c32-31(33,34)22-7-14-36-26(17-22)25-16-20(6-13-35-25)29(42)41-15-8-24(19-41)40-23-4-9-30(43,10-5-23)27-3-2-21(18-39-27)28-37-11-1-12-38-28/h1-3,7,11-12,14,17-18,20,23-25,35,40,43H,4-6,8-10,13,15-16,19H2/t20-,23?,24+,25?,30?/m1/s1. The highest BCUT2D eigenvalue weighted by Crippen LogP contribution is 2.37. The predicted molar refractivity (Wildman–Crippen MR) is 152 cm³/mol. The molecule has 3 atom stereocenters. The molecule has 3 N–H and O–H groups in total. The molecule has 43 heavy (non-hydrogen) atoms. The Bertz CT molecular complexity index is 1400. The Morgan fingerprint density at radius 3 is 2.51 bits per heavy atom. The monoisotopic (exact) mass is 595 g/mol. The number of hydrogen-bond donors (Lipinski definition) is 3. The SMILES string of the molecule is O=C([C@@H]1CCNC(c2cc(C(F)(F)F)ccn2)C1)N1CC[C@H](NC2CCC(O)(c3ccc(-c4ncccn4)cn3)CC2)C1. The van der Waals surface area contributed by atoms with Crippen molar-refractivity contribution in [1.82, 2.24) is 35.5 Å². The van der Waals surface area contributed by atoms with Gasteiger partial charge in [-0.25, -0.2) is 9.97 Å². The first-order chi connectivity index (χ1) is 20.7. The second kappa shape index (κ2) is 12.3. The van der Waals surface area contributed by atoms with Crippen LogP contribution in [-0.2, 0) is 16.6 Å². The summed E-state index contributed by atoms with van der Waals surface area (Å²) in [5, 5.41) is 18.3. The van der Waals surface area contributed by atoms with Gasteiger partial charge >= 0.3 is 6.18 Å². The molecule has 3 aliphatic rings. The molecule has 2 aliphatic heterocycles. The maximum absolute atomic E-state index is 13.4. The summed E-state index contributed by atoms with van der Waals surface area (Å²) >= 11 is 0. The lowest BCUT2D eigenvalue weighted by molar-refractivity contribution is -0.138. The second-order valence-electron chi connectivity index (χ2n) is 11.9. The van der Waals surface area contributed by atoms with Crippen LogP contribution in [0.4, 0.5) is 13.2 Å². The van der Waals surface area contributed by atoms with Crippen molar-refractivity contribution in [3.63, 3.8) is 0 Å². The lowest BCUT2D eigenvalue weighted by atomic mass is 9.79. The van der Waals surface area contributed by atoms with Gasteiger partial charge in [0.05, 0.1) is 23.0 Å². The van der Waals surface area contributed by atoms with Crippen molar-refractivity contribution < 1.29 is 23.1 Å². The largest absolute Gasteiger partial charge is 0.416 e. The van der Waals surface area contributed by atoms with Crippen molar-refractivity contribution in [2.45, 2.75) is 74.8 Å². The summed E-state index contributed by atoms with van der Waals surface area (Å²) in [5.41, 5.74) is 0.0721. The Balaban J connectivity index is 0.989. The van der Waals surface area contributed by atoms with Crippen LogP contribution < -0.4 is 10.6 Å². The fraction of sp³-hybridized carbons (Fsp3) is 0.516. The molecule has 3 aromatic rings. The minimum atomic E-state index is -4.43. The van der Waals surface area contributed by atoms with E-state index in [1.165, 1.54) is 6.20 Å². The summed E-state index contributed by atoms with van der Waals surface area (Å²) < 4.78 is 39.6. The molecule has 1 aliphatic carbocycles. The predicted octanol–water partition coefficient (Wildman–Crippen LogP) is 4.01. The van der Waals surface area contributed by atoms with Gasteiger partial charge < -0.3 is 20.6 Å². The van der Waals surface area contributed by atoms with E-state index < -0.39 is 17.3 Å². The summed E-state index contributed by atoms with van der Waals surface area (Å²) in [4.78, 5) is 32.5. The van der Waals surface area contributed by atoms with E-state index in [4.69, 9.17) is 0 Å². The van der Waals surface area contributed by atoms with Gasteiger partial charge in [-0.2, -0.15) is 13.2 Å². The molecular weight excluding hydrogens is 559 g/mol. The van der Waals surface area contributed by atoms with Crippen LogP contribution >= 0.6 is 0 Å². The first kappa shape index (κ1) is 29.6. The van der Waals surface area contributed by atoms with Crippen molar-refractivity contribution in [3.8, 4) is 11.4 Å². The molecule has 2 saturated heterocycles. The molecule has 0 radical (unpaired) electrons. The van der Waals surface area contributed by atoms with Crippen molar-refractivity contribution in [3.05, 3.63) is 72.1 Å². The van der Waals surface area contributed by atoms with Gasteiger partial charge in [0.1, 0.15) is 5.60 Å². The third kappa shape index (κ3) is 6.71. The fourth-order valence-electron chi connectivity index (χ4n) is 6.64. The van der Waals surface area contributed by atoms with E-state index in [0.29, 0.717) is 62.5 Å². The van der Waals surface area contributed by atoms with Gasteiger partial charge in [-0.1, -0.05) is 0 Å². The smallest absolute Gasteiger partial charge is 0.384 e. The van der Waals surface area contributed by atoms with Gasteiger partial charge in [-0.05, 0) is 81.8 Å². The number of nitrogens with one attached hydrogen (secondary N) is 2. The minimum Gasteiger partial charge on any atom is -0.384 e. The van der Waals surface area contributed by atoms with Crippen LogP contribution in [0.15, 0.2) is 55.1 Å². The van der Waals surface area contributed by atoms with Crippen molar-refractivity contribution in [1.29, 1.82) is 0 Å². The number of hydrogen-bond acceptors (Lipinski definition) is 8. The molecule has 9 nitrogen and oxygen atoms in total. The normalized spacial score (nSPS) is 28.1. The van der Waals surface area contributed by atoms with Gasteiger partial charge in [0.25, 0.3) is 0 Å². The first-order valence-electron chi connectivity index (χ1n) is 15.0. The average Bonchev–Trinajstić information content (AvgIpc) is 3.50. The number of halogens is 3. The van der Waals surface area contributed by atoms with Gasteiger partial charge in [0.15, 0.2) is 5.82 Å². The van der Waals surface area contributed by atoms with Gasteiger partial charge in [0, 0.05) is 61.4 Å². The Hall–Kier alpha value is -3.48. The third-order valence-electron chi connectivity index (χ3n) is 9.07. The molecule has 0 bridgehead atoms. The number of carbonyl (C=O) groups excluding carboxylic acids is 1. The quantitative estimate of drug-likeness (QED) is 0.392. The zero-order valence-electron chi connectivity index (χ0n) is 23.8. The zero-order chi connectivity index (χ0) is 30.0. The van der Waals surface area contributed by atoms with E-state index in [1.54, 1.807) is 24.7 Å². The summed E-state index contributed by atoms with van der Waals surface area (Å²) in [7, 11) is 0. The average molecular weight is 596 g/mol. The Morgan fingerprint density at radius 1 is 1.00 bits per heavy atom. The van der Waals surface area contributed by atoms with Crippen molar-refractivity contribution >= 4 is 5.91 Å². The van der Waals surface area contributed by atoms with E-state index in [1.807, 2.05) is 17.0 Å². The highest BCUT2D eigenvalue weighted by atomic mass is 19.4. The number of nitrogens with zero attached hydrogens (tertiary/aromatic N) is 5. The molecule has 228 valence electrons. The summed E-state index contributed by atoms with van der Waals surface area (Å²) in [5.74, 6) is 0.410. The van der Waals surface area contributed by atoms with Crippen molar-refractivity contribution in [2.24, 2.45) is 5.92 Å². The molecule has 6 rings (SSSR count). The van der Waals surface area contributed by atoms with Gasteiger partial charge in [-0.15, -0.1) is 0 Å². The summed E-state index contributed by atoms with van der Waals surface area (Å²) in [6.07, 6.45) is 6.52. The first-order valence-corrected chi connectivity index (χ1v) is 15.0. The highest BCUT2D eigenvalue weighted by molar-refractivity contribution is 5.79. The fourth-order valence-corrected chi connectivity index (χ4v) is 6.64. The number of aromatic nitrogens is 4. The van der Waals surface area contributed by atoms with Crippen molar-refractivity contribution in [2.75, 3.05) is 19.6 Å². The van der Waals surface area contributed by atoms with Crippen LogP contribution in [-0.4, -0.2) is 67.6 Å². The number of amides is 1. The maximum atomic E-state index is 13.4. The topological polar surface area (TPSA) is 116 Å². The molecule has 1 unspecified atom stereocenters. The minimum absolute atomic E-state index is 0.0659. The van der Waals surface area contributed by atoms with E-state index in [-0.39, 0.29) is 30.0 Å². The molecule has 1 saturated carbocycles. The second-order valence-corrected chi connectivity index (χ2v) is 11.9. The number of likely N-dealkylation sites (tertiary alicyclic amines) is 1. The molecule has 3 aromatic heterocycles.